The molecule has 0 radical (unpaired) electrons. The third kappa shape index (κ3) is 2.31. The Morgan fingerprint density at radius 1 is 1.44 bits per heavy atom. The molecule has 1 heterocycles. The zero-order valence-corrected chi connectivity index (χ0v) is 10.7. The van der Waals surface area contributed by atoms with Gasteiger partial charge in [-0.3, -0.25) is 0 Å². The van der Waals surface area contributed by atoms with Gasteiger partial charge in [0.1, 0.15) is 0 Å². The molecule has 0 bridgehead atoms. The highest BCUT2D eigenvalue weighted by Gasteiger charge is 2.10. The number of rotatable bonds is 3. The number of nitrogens with zero attached hydrogens (tertiary/aromatic N) is 2. The molecular formula is C11H12BrN3O. The number of aromatic nitrogens is 2. The van der Waals surface area contributed by atoms with Gasteiger partial charge in [-0.25, -0.2) is 0 Å². The normalized spacial score (nSPS) is 10.7. The van der Waals surface area contributed by atoms with E-state index in [-0.39, 0.29) is 0 Å². The van der Waals surface area contributed by atoms with Crippen molar-refractivity contribution in [3.05, 3.63) is 34.1 Å². The fourth-order valence-electron chi connectivity index (χ4n) is 1.47. The molecule has 4 nitrogen and oxygen atoms in total. The van der Waals surface area contributed by atoms with Crippen LogP contribution in [0.5, 0.6) is 0 Å². The molecular weight excluding hydrogens is 270 g/mol. The maximum absolute atomic E-state index is 5.11. The van der Waals surface area contributed by atoms with Crippen LogP contribution in [0.1, 0.15) is 11.5 Å². The maximum atomic E-state index is 5.11. The third-order valence-corrected chi connectivity index (χ3v) is 2.72. The van der Waals surface area contributed by atoms with E-state index in [0.29, 0.717) is 18.3 Å². The minimum atomic E-state index is 0.586. The minimum absolute atomic E-state index is 0.586. The van der Waals surface area contributed by atoms with Crippen LogP contribution in [0.2, 0.25) is 0 Å². The summed E-state index contributed by atoms with van der Waals surface area (Å²) >= 11 is 3.42. The van der Waals surface area contributed by atoms with Crippen molar-refractivity contribution in [3.63, 3.8) is 0 Å². The lowest BCUT2D eigenvalue weighted by molar-refractivity contribution is 0.372. The van der Waals surface area contributed by atoms with Crippen LogP contribution in [0, 0.1) is 6.92 Å². The molecule has 0 aliphatic rings. The van der Waals surface area contributed by atoms with E-state index < -0.39 is 0 Å². The quantitative estimate of drug-likeness (QED) is 0.939. The lowest BCUT2D eigenvalue weighted by Crippen LogP contribution is -2.04. The Hall–Kier alpha value is -1.20. The fraction of sp³-hybridized carbons (Fsp3) is 0.273. The molecule has 0 unspecified atom stereocenters. The maximum Gasteiger partial charge on any atom is 0.240 e. The molecule has 1 aromatic carbocycles. The molecule has 1 aromatic heterocycles. The standard InChI is InChI=1S/C11H12BrN3O/c1-7-5-8(12)3-4-9(7)11-14-10(6-13-2)16-15-11/h3-5,13H,6H2,1-2H3. The van der Waals surface area contributed by atoms with Gasteiger partial charge in [-0.15, -0.1) is 0 Å². The largest absolute Gasteiger partial charge is 0.338 e. The van der Waals surface area contributed by atoms with Crippen LogP contribution < -0.4 is 5.32 Å². The van der Waals surface area contributed by atoms with E-state index in [1.165, 1.54) is 0 Å². The lowest BCUT2D eigenvalue weighted by Gasteiger charge is -2.00. The second kappa shape index (κ2) is 4.76. The second-order valence-electron chi connectivity index (χ2n) is 3.50. The van der Waals surface area contributed by atoms with Gasteiger partial charge in [-0.05, 0) is 37.7 Å². The first-order valence-corrected chi connectivity index (χ1v) is 5.73. The van der Waals surface area contributed by atoms with Gasteiger partial charge in [0.2, 0.25) is 11.7 Å². The van der Waals surface area contributed by atoms with Gasteiger partial charge < -0.3 is 9.84 Å². The van der Waals surface area contributed by atoms with Crippen LogP contribution >= 0.6 is 15.9 Å². The van der Waals surface area contributed by atoms with E-state index in [2.05, 4.69) is 31.4 Å². The average molecular weight is 282 g/mol. The van der Waals surface area contributed by atoms with Crippen molar-refractivity contribution in [2.24, 2.45) is 0 Å². The van der Waals surface area contributed by atoms with Gasteiger partial charge >= 0.3 is 0 Å². The van der Waals surface area contributed by atoms with Crippen LogP contribution in [-0.2, 0) is 6.54 Å². The molecule has 0 spiro atoms. The van der Waals surface area contributed by atoms with Gasteiger partial charge in [0.15, 0.2) is 0 Å². The lowest BCUT2D eigenvalue weighted by atomic mass is 10.1. The molecule has 0 saturated heterocycles. The van der Waals surface area contributed by atoms with Crippen LogP contribution in [-0.4, -0.2) is 17.2 Å². The van der Waals surface area contributed by atoms with E-state index in [4.69, 9.17) is 4.52 Å². The third-order valence-electron chi connectivity index (χ3n) is 2.23. The Morgan fingerprint density at radius 3 is 2.94 bits per heavy atom. The number of aryl methyl sites for hydroxylation is 1. The molecule has 0 atom stereocenters. The first-order chi connectivity index (χ1) is 7.70. The first kappa shape index (κ1) is 11.3. The summed E-state index contributed by atoms with van der Waals surface area (Å²) in [7, 11) is 1.84. The summed E-state index contributed by atoms with van der Waals surface area (Å²) in [4.78, 5) is 4.31. The predicted molar refractivity (Wildman–Crippen MR) is 64.9 cm³/mol. The topological polar surface area (TPSA) is 51.0 Å². The molecule has 5 heteroatoms. The summed E-state index contributed by atoms with van der Waals surface area (Å²) in [6.07, 6.45) is 0. The molecule has 2 aromatic rings. The van der Waals surface area contributed by atoms with Crippen LogP contribution in [0.25, 0.3) is 11.4 Å². The number of hydrogen-bond acceptors (Lipinski definition) is 4. The highest BCUT2D eigenvalue weighted by Crippen LogP contribution is 2.23. The Labute approximate surface area is 102 Å². The molecule has 1 N–H and O–H groups in total. The minimum Gasteiger partial charge on any atom is -0.338 e. The SMILES string of the molecule is CNCc1nc(-c2ccc(Br)cc2C)no1. The summed E-state index contributed by atoms with van der Waals surface area (Å²) in [5, 5.41) is 6.92. The first-order valence-electron chi connectivity index (χ1n) is 4.94. The molecule has 84 valence electrons. The van der Waals surface area contributed by atoms with Gasteiger partial charge in [-0.2, -0.15) is 4.98 Å². The van der Waals surface area contributed by atoms with E-state index in [9.17, 15) is 0 Å². The van der Waals surface area contributed by atoms with Crippen molar-refractivity contribution in [2.45, 2.75) is 13.5 Å². The van der Waals surface area contributed by atoms with Gasteiger partial charge in [0.25, 0.3) is 0 Å². The van der Waals surface area contributed by atoms with Crippen LogP contribution in [0.3, 0.4) is 0 Å². The summed E-state index contributed by atoms with van der Waals surface area (Å²) in [5.41, 5.74) is 2.11. The molecule has 0 saturated carbocycles. The molecule has 0 amide bonds. The molecule has 0 fully saturated rings. The summed E-state index contributed by atoms with van der Waals surface area (Å²) in [6.45, 7) is 2.61. The zero-order chi connectivity index (χ0) is 11.5. The summed E-state index contributed by atoms with van der Waals surface area (Å²) in [6, 6.07) is 5.98. The molecule has 2 rings (SSSR count). The molecule has 16 heavy (non-hydrogen) atoms. The smallest absolute Gasteiger partial charge is 0.240 e. The van der Waals surface area contributed by atoms with Gasteiger partial charge in [-0.1, -0.05) is 21.1 Å². The van der Waals surface area contributed by atoms with E-state index >= 15 is 0 Å². The van der Waals surface area contributed by atoms with Crippen LogP contribution in [0.4, 0.5) is 0 Å². The monoisotopic (exact) mass is 281 g/mol. The Kier molecular flexibility index (Phi) is 3.36. The highest BCUT2D eigenvalue weighted by atomic mass is 79.9. The average Bonchev–Trinajstić information content (AvgIpc) is 2.67. The summed E-state index contributed by atoms with van der Waals surface area (Å²) < 4.78 is 6.16. The van der Waals surface area contributed by atoms with Crippen molar-refractivity contribution in [1.29, 1.82) is 0 Å². The number of halogens is 1. The Balaban J connectivity index is 2.35. The van der Waals surface area contributed by atoms with Crippen molar-refractivity contribution in [3.8, 4) is 11.4 Å². The Morgan fingerprint density at radius 2 is 2.25 bits per heavy atom. The van der Waals surface area contributed by atoms with Gasteiger partial charge in [0.05, 0.1) is 6.54 Å². The van der Waals surface area contributed by atoms with E-state index in [1.807, 2.05) is 32.2 Å². The zero-order valence-electron chi connectivity index (χ0n) is 9.12. The van der Waals surface area contributed by atoms with Crippen molar-refractivity contribution < 1.29 is 4.52 Å². The summed E-state index contributed by atoms with van der Waals surface area (Å²) in [5.74, 6) is 1.23. The predicted octanol–water partition coefficient (Wildman–Crippen LogP) is 2.53. The number of hydrogen-bond donors (Lipinski definition) is 1. The van der Waals surface area contributed by atoms with Crippen molar-refractivity contribution in [1.82, 2.24) is 15.5 Å². The fourth-order valence-corrected chi connectivity index (χ4v) is 1.94. The van der Waals surface area contributed by atoms with E-state index in [0.717, 1.165) is 15.6 Å². The molecule has 0 aliphatic carbocycles. The Bertz CT molecular complexity index is 496. The van der Waals surface area contributed by atoms with E-state index in [1.54, 1.807) is 0 Å². The molecule has 0 aliphatic heterocycles. The van der Waals surface area contributed by atoms with Gasteiger partial charge in [0, 0.05) is 10.0 Å². The highest BCUT2D eigenvalue weighted by molar-refractivity contribution is 9.10. The van der Waals surface area contributed by atoms with Crippen molar-refractivity contribution >= 4 is 15.9 Å². The number of benzene rings is 1. The van der Waals surface area contributed by atoms with Crippen molar-refractivity contribution in [2.75, 3.05) is 7.05 Å². The second-order valence-corrected chi connectivity index (χ2v) is 4.42. The number of nitrogens with one attached hydrogen (secondary N) is 1. The van der Waals surface area contributed by atoms with Crippen LogP contribution in [0.15, 0.2) is 27.2 Å².